The van der Waals surface area contributed by atoms with Crippen LogP contribution in [-0.2, 0) is 27.5 Å². The van der Waals surface area contributed by atoms with Gasteiger partial charge in [0.2, 0.25) is 0 Å². The van der Waals surface area contributed by atoms with E-state index in [-0.39, 0.29) is 39.5 Å². The van der Waals surface area contributed by atoms with E-state index >= 15 is 0 Å². The average Bonchev–Trinajstić information content (AvgIpc) is 2.89. The third-order valence-corrected chi connectivity index (χ3v) is 5.17. The third kappa shape index (κ3) is 4.30. The monoisotopic (exact) mass is 476 g/mol. The number of hydrogen-bond acceptors (Lipinski definition) is 10. The second-order valence-corrected chi connectivity index (χ2v) is 7.39. The molecule has 0 bridgehead atoms. The molecule has 0 saturated heterocycles. The van der Waals surface area contributed by atoms with Crippen molar-refractivity contribution >= 4 is 23.9 Å². The Bertz CT molecular complexity index is 1230. The highest BCUT2D eigenvalue weighted by Gasteiger charge is 2.35. The van der Waals surface area contributed by atoms with Crippen LogP contribution in [0.3, 0.4) is 0 Å². The normalized spacial score (nSPS) is 12.0. The molecule has 1 aliphatic heterocycles. The van der Waals surface area contributed by atoms with Gasteiger partial charge in [-0.3, -0.25) is 9.59 Å². The summed E-state index contributed by atoms with van der Waals surface area (Å²) in [5.74, 6) is -7.01. The Kier molecular flexibility index (Phi) is 6.63. The first-order chi connectivity index (χ1) is 16.0. The molecule has 3 rings (SSSR count). The predicted molar refractivity (Wildman–Crippen MR) is 110 cm³/mol. The lowest BCUT2D eigenvalue weighted by atomic mass is 10.0. The quantitative estimate of drug-likeness (QED) is 0.289. The molecule has 0 aliphatic carbocycles. The molecule has 0 spiro atoms. The van der Waals surface area contributed by atoms with Crippen LogP contribution in [0.2, 0.25) is 0 Å². The minimum absolute atomic E-state index is 0.147. The topological polar surface area (TPSA) is 197 Å². The van der Waals surface area contributed by atoms with E-state index in [9.17, 15) is 39.6 Å². The van der Waals surface area contributed by atoms with Crippen molar-refractivity contribution < 1.29 is 58.9 Å². The van der Waals surface area contributed by atoms with Gasteiger partial charge in [0.15, 0.2) is 17.2 Å². The number of carboxylic acids is 2. The standard InChI is InChI=1S/C22H20O12/c1-8-5-12(24)10(6-23)19-15(8)22(31)34-20-11(7-32-14(27)4-3-13(25)26)17(28)16(21(29)30)9(2)18(20)33-19/h5,23-24,28H,3-4,6-7H2,1-2H3,(H,25,26)(H,29,30). The fourth-order valence-corrected chi connectivity index (χ4v) is 3.49. The molecule has 0 atom stereocenters. The summed E-state index contributed by atoms with van der Waals surface area (Å²) in [4.78, 5) is 47.3. The summed E-state index contributed by atoms with van der Waals surface area (Å²) in [7, 11) is 0. The van der Waals surface area contributed by atoms with Gasteiger partial charge in [-0.15, -0.1) is 0 Å². The van der Waals surface area contributed by atoms with Gasteiger partial charge < -0.3 is 39.7 Å². The fourth-order valence-electron chi connectivity index (χ4n) is 3.49. The van der Waals surface area contributed by atoms with Gasteiger partial charge in [0, 0.05) is 5.56 Å². The molecule has 0 amide bonds. The van der Waals surface area contributed by atoms with Crippen LogP contribution in [-0.4, -0.2) is 49.4 Å². The van der Waals surface area contributed by atoms with Crippen LogP contribution in [0.15, 0.2) is 6.07 Å². The molecule has 0 unspecified atom stereocenters. The number of aryl methyl sites for hydroxylation is 1. The molecule has 0 radical (unpaired) electrons. The molecular weight excluding hydrogens is 456 g/mol. The van der Waals surface area contributed by atoms with Crippen molar-refractivity contribution in [3.8, 4) is 28.7 Å². The number of aliphatic carboxylic acids is 1. The molecule has 1 aliphatic rings. The number of aromatic carboxylic acids is 1. The summed E-state index contributed by atoms with van der Waals surface area (Å²) in [5.41, 5.74) is -1.27. The van der Waals surface area contributed by atoms with Crippen LogP contribution in [0, 0.1) is 13.8 Å². The maximum atomic E-state index is 12.9. The van der Waals surface area contributed by atoms with Gasteiger partial charge in [-0.25, -0.2) is 9.59 Å². The lowest BCUT2D eigenvalue weighted by Gasteiger charge is -2.19. The molecular formula is C22H20O12. The summed E-state index contributed by atoms with van der Waals surface area (Å²) in [6.07, 6.45) is -1.01. The Morgan fingerprint density at radius 3 is 2.24 bits per heavy atom. The number of esters is 2. The first kappa shape index (κ1) is 24.3. The lowest BCUT2D eigenvalue weighted by molar-refractivity contribution is -0.148. The van der Waals surface area contributed by atoms with Crippen molar-refractivity contribution in [2.24, 2.45) is 0 Å². The number of hydrogen-bond donors (Lipinski definition) is 5. The van der Waals surface area contributed by atoms with E-state index < -0.39 is 72.6 Å². The van der Waals surface area contributed by atoms with Gasteiger partial charge in [0.1, 0.15) is 29.2 Å². The Balaban J connectivity index is 2.19. The molecule has 0 aromatic heterocycles. The molecule has 34 heavy (non-hydrogen) atoms. The minimum atomic E-state index is -1.56. The number of rotatable bonds is 7. The van der Waals surface area contributed by atoms with E-state index in [0.717, 1.165) is 0 Å². The number of ether oxygens (including phenoxy) is 3. The van der Waals surface area contributed by atoms with Crippen molar-refractivity contribution in [2.75, 3.05) is 0 Å². The molecule has 0 saturated carbocycles. The number of carbonyl (C=O) groups excluding carboxylic acids is 2. The van der Waals surface area contributed by atoms with Crippen molar-refractivity contribution in [1.82, 2.24) is 0 Å². The van der Waals surface area contributed by atoms with E-state index in [0.29, 0.717) is 0 Å². The second-order valence-electron chi connectivity index (χ2n) is 7.39. The maximum absolute atomic E-state index is 12.9. The number of carboxylic acid groups (broad SMARTS) is 2. The second kappa shape index (κ2) is 9.27. The number of benzene rings is 2. The zero-order chi connectivity index (χ0) is 25.3. The third-order valence-electron chi connectivity index (χ3n) is 5.17. The highest BCUT2D eigenvalue weighted by Crippen LogP contribution is 2.50. The molecule has 12 heteroatoms. The number of aliphatic hydroxyl groups is 1. The van der Waals surface area contributed by atoms with Crippen molar-refractivity contribution in [2.45, 2.75) is 39.9 Å². The van der Waals surface area contributed by atoms with Crippen molar-refractivity contribution in [1.29, 1.82) is 0 Å². The van der Waals surface area contributed by atoms with Crippen LogP contribution in [0.4, 0.5) is 0 Å². The Hall–Kier alpha value is -4.32. The Labute approximate surface area is 191 Å². The number of phenols is 2. The number of aromatic hydroxyl groups is 2. The number of fused-ring (bicyclic) bond motifs is 2. The van der Waals surface area contributed by atoms with Crippen LogP contribution in [0.25, 0.3) is 0 Å². The van der Waals surface area contributed by atoms with Gasteiger partial charge in [-0.1, -0.05) is 0 Å². The van der Waals surface area contributed by atoms with E-state index in [4.69, 9.17) is 19.3 Å². The minimum Gasteiger partial charge on any atom is -0.507 e. The lowest BCUT2D eigenvalue weighted by Crippen LogP contribution is -2.13. The maximum Gasteiger partial charge on any atom is 0.347 e. The van der Waals surface area contributed by atoms with Crippen molar-refractivity contribution in [3.63, 3.8) is 0 Å². The summed E-state index contributed by atoms with van der Waals surface area (Å²) in [5, 5.41) is 48.8. The van der Waals surface area contributed by atoms with Crippen LogP contribution >= 0.6 is 0 Å². The zero-order valence-corrected chi connectivity index (χ0v) is 18.0. The van der Waals surface area contributed by atoms with Crippen LogP contribution < -0.4 is 9.47 Å². The van der Waals surface area contributed by atoms with E-state index in [1.807, 2.05) is 0 Å². The predicted octanol–water partition coefficient (Wildman–Crippen LogP) is 2.14. The summed E-state index contributed by atoms with van der Waals surface area (Å²) in [6.45, 7) is 1.25. The van der Waals surface area contributed by atoms with Gasteiger partial charge >= 0.3 is 23.9 Å². The Morgan fingerprint density at radius 1 is 0.971 bits per heavy atom. The number of aliphatic hydroxyl groups excluding tert-OH is 1. The fraction of sp³-hybridized carbons (Fsp3) is 0.273. The molecule has 2 aromatic rings. The van der Waals surface area contributed by atoms with Gasteiger partial charge in [-0.05, 0) is 25.5 Å². The van der Waals surface area contributed by atoms with Crippen molar-refractivity contribution in [3.05, 3.63) is 39.4 Å². The van der Waals surface area contributed by atoms with E-state index in [1.54, 1.807) is 0 Å². The van der Waals surface area contributed by atoms with Crippen LogP contribution in [0.1, 0.15) is 55.8 Å². The first-order valence-corrected chi connectivity index (χ1v) is 9.83. The van der Waals surface area contributed by atoms with Gasteiger partial charge in [0.25, 0.3) is 0 Å². The van der Waals surface area contributed by atoms with E-state index in [2.05, 4.69) is 0 Å². The summed E-state index contributed by atoms with van der Waals surface area (Å²) in [6, 6.07) is 1.21. The Morgan fingerprint density at radius 2 is 1.65 bits per heavy atom. The highest BCUT2D eigenvalue weighted by atomic mass is 16.6. The van der Waals surface area contributed by atoms with Crippen LogP contribution in [0.5, 0.6) is 28.7 Å². The zero-order valence-electron chi connectivity index (χ0n) is 18.0. The van der Waals surface area contributed by atoms with Gasteiger partial charge in [-0.2, -0.15) is 0 Å². The highest BCUT2D eigenvalue weighted by molar-refractivity contribution is 6.00. The number of carbonyl (C=O) groups is 4. The molecule has 0 fully saturated rings. The summed E-state index contributed by atoms with van der Waals surface area (Å²) >= 11 is 0. The smallest absolute Gasteiger partial charge is 0.347 e. The average molecular weight is 476 g/mol. The largest absolute Gasteiger partial charge is 0.507 e. The molecule has 1 heterocycles. The molecule has 12 nitrogen and oxygen atoms in total. The molecule has 2 aromatic carbocycles. The molecule has 5 N–H and O–H groups in total. The molecule has 180 valence electrons. The SMILES string of the molecule is Cc1cc(O)c(CO)c2c1C(=O)Oc1c(COC(=O)CCC(=O)O)c(O)c(C(=O)O)c(C)c1O2. The first-order valence-electron chi connectivity index (χ1n) is 9.83. The summed E-state index contributed by atoms with van der Waals surface area (Å²) < 4.78 is 16.2. The van der Waals surface area contributed by atoms with E-state index in [1.165, 1.54) is 19.9 Å². The van der Waals surface area contributed by atoms with Gasteiger partial charge in [0.05, 0.1) is 30.6 Å².